The SMILES string of the molecule is CCCCCCCCCCC(CCCCCCCC)CNC(=O)NNc1nc(SCCO)ns1. The Balaban J connectivity index is 2.28. The van der Waals surface area contributed by atoms with Gasteiger partial charge in [-0.1, -0.05) is 116 Å². The van der Waals surface area contributed by atoms with Crippen LogP contribution in [0.25, 0.3) is 0 Å². The van der Waals surface area contributed by atoms with Crippen molar-refractivity contribution in [3.63, 3.8) is 0 Å². The normalized spacial score (nSPS) is 12.0. The van der Waals surface area contributed by atoms with Gasteiger partial charge in [-0.3, -0.25) is 5.43 Å². The van der Waals surface area contributed by atoms with Crippen molar-refractivity contribution in [2.24, 2.45) is 5.92 Å². The van der Waals surface area contributed by atoms with Crippen LogP contribution in [0.2, 0.25) is 0 Å². The van der Waals surface area contributed by atoms with Gasteiger partial charge in [0.05, 0.1) is 6.61 Å². The number of urea groups is 1. The van der Waals surface area contributed by atoms with Gasteiger partial charge in [0.1, 0.15) is 0 Å². The predicted molar refractivity (Wildman–Crippen MR) is 147 cm³/mol. The number of carbonyl (C=O) groups excluding carboxylic acids is 1. The summed E-state index contributed by atoms with van der Waals surface area (Å²) in [5, 5.41) is 13.1. The van der Waals surface area contributed by atoms with E-state index in [-0.39, 0.29) is 12.6 Å². The van der Waals surface area contributed by atoms with Crippen molar-refractivity contribution in [3.05, 3.63) is 0 Å². The molecule has 0 aliphatic rings. The van der Waals surface area contributed by atoms with E-state index in [4.69, 9.17) is 5.11 Å². The maximum absolute atomic E-state index is 12.3. The Morgan fingerprint density at radius 3 is 2.03 bits per heavy atom. The summed E-state index contributed by atoms with van der Waals surface area (Å²) >= 11 is 2.58. The lowest BCUT2D eigenvalue weighted by Crippen LogP contribution is -2.41. The van der Waals surface area contributed by atoms with Crippen molar-refractivity contribution >= 4 is 34.5 Å². The summed E-state index contributed by atoms with van der Waals surface area (Å²) in [6, 6.07) is -0.233. The molecule has 1 heterocycles. The highest BCUT2D eigenvalue weighted by Gasteiger charge is 2.11. The second-order valence-electron chi connectivity index (χ2n) is 9.10. The highest BCUT2D eigenvalue weighted by Crippen LogP contribution is 2.20. The Hall–Kier alpha value is -1.06. The highest BCUT2D eigenvalue weighted by molar-refractivity contribution is 7.99. The molecule has 1 atom stereocenters. The molecule has 2 amide bonds. The fourth-order valence-electron chi connectivity index (χ4n) is 3.98. The van der Waals surface area contributed by atoms with Crippen LogP contribution in [0.4, 0.5) is 9.93 Å². The van der Waals surface area contributed by atoms with E-state index in [1.807, 2.05) is 0 Å². The van der Waals surface area contributed by atoms with Crippen LogP contribution in [0.1, 0.15) is 117 Å². The van der Waals surface area contributed by atoms with Gasteiger partial charge in [-0.05, 0) is 18.8 Å². The van der Waals surface area contributed by atoms with Crippen LogP contribution in [0, 0.1) is 5.92 Å². The molecule has 0 spiro atoms. The van der Waals surface area contributed by atoms with Crippen LogP contribution >= 0.6 is 23.3 Å². The molecule has 0 bridgehead atoms. The van der Waals surface area contributed by atoms with Gasteiger partial charge in [-0.15, -0.1) is 0 Å². The number of carbonyl (C=O) groups is 1. The number of aromatic nitrogens is 2. The number of amides is 2. The quantitative estimate of drug-likeness (QED) is 0.0702. The lowest BCUT2D eigenvalue weighted by molar-refractivity contribution is 0.239. The highest BCUT2D eigenvalue weighted by atomic mass is 32.2. The molecule has 0 aromatic carbocycles. The van der Waals surface area contributed by atoms with Gasteiger partial charge >= 0.3 is 6.03 Å². The Labute approximate surface area is 216 Å². The fourth-order valence-corrected chi connectivity index (χ4v) is 5.22. The minimum atomic E-state index is -0.233. The second kappa shape index (κ2) is 22.4. The van der Waals surface area contributed by atoms with Crippen molar-refractivity contribution < 1.29 is 9.90 Å². The molecule has 0 fully saturated rings. The molecule has 0 saturated carbocycles. The summed E-state index contributed by atoms with van der Waals surface area (Å²) in [7, 11) is 0. The minimum absolute atomic E-state index is 0.0894. The number of hydrogen-bond donors (Lipinski definition) is 4. The van der Waals surface area contributed by atoms with E-state index in [1.54, 1.807) is 0 Å². The third kappa shape index (κ3) is 17.4. The molecule has 198 valence electrons. The first-order valence-corrected chi connectivity index (χ1v) is 15.3. The van der Waals surface area contributed by atoms with Gasteiger partial charge in [-0.25, -0.2) is 10.2 Å². The zero-order valence-electron chi connectivity index (χ0n) is 21.6. The number of nitrogens with one attached hydrogen (secondary N) is 3. The average molecular weight is 516 g/mol. The summed E-state index contributed by atoms with van der Waals surface area (Å²) in [4.78, 5) is 16.6. The van der Waals surface area contributed by atoms with Crippen LogP contribution in [-0.4, -0.2) is 39.4 Å². The Kier molecular flexibility index (Phi) is 20.4. The third-order valence-corrected chi connectivity index (χ3v) is 7.57. The molecule has 7 nitrogen and oxygen atoms in total. The third-order valence-electron chi connectivity index (χ3n) is 6.00. The van der Waals surface area contributed by atoms with E-state index in [2.05, 4.69) is 39.4 Å². The molecule has 0 radical (unpaired) electrons. The molecule has 1 aromatic rings. The van der Waals surface area contributed by atoms with Crippen molar-refractivity contribution in [1.82, 2.24) is 20.1 Å². The van der Waals surface area contributed by atoms with Crippen LogP contribution < -0.4 is 16.2 Å². The molecule has 1 unspecified atom stereocenters. The first kappa shape index (κ1) is 31.0. The first-order chi connectivity index (χ1) is 16.7. The number of nitrogens with zero attached hydrogens (tertiary/aromatic N) is 2. The maximum atomic E-state index is 12.3. The molecule has 0 saturated heterocycles. The van der Waals surface area contributed by atoms with Gasteiger partial charge in [0, 0.05) is 23.8 Å². The predicted octanol–water partition coefficient (Wildman–Crippen LogP) is 7.15. The van der Waals surface area contributed by atoms with Crippen LogP contribution in [-0.2, 0) is 0 Å². The smallest absolute Gasteiger partial charge is 0.333 e. The summed E-state index contributed by atoms with van der Waals surface area (Å²) in [6.45, 7) is 5.32. The second-order valence-corrected chi connectivity index (χ2v) is 10.9. The summed E-state index contributed by atoms with van der Waals surface area (Å²) in [5.74, 6) is 1.10. The lowest BCUT2D eigenvalue weighted by Gasteiger charge is -2.18. The number of aliphatic hydroxyl groups excluding tert-OH is 1. The van der Waals surface area contributed by atoms with Gasteiger partial charge in [0.25, 0.3) is 0 Å². The zero-order chi connectivity index (χ0) is 24.7. The Morgan fingerprint density at radius 1 is 0.912 bits per heavy atom. The van der Waals surface area contributed by atoms with E-state index in [9.17, 15) is 4.79 Å². The number of anilines is 1. The summed E-state index contributed by atoms with van der Waals surface area (Å²) in [5.41, 5.74) is 5.49. The number of hydrogen-bond acceptors (Lipinski definition) is 7. The van der Waals surface area contributed by atoms with Crippen LogP contribution in [0.5, 0.6) is 0 Å². The molecule has 9 heteroatoms. The summed E-state index contributed by atoms with van der Waals surface area (Å²) < 4.78 is 4.18. The van der Waals surface area contributed by atoms with Crippen molar-refractivity contribution in [2.45, 2.75) is 122 Å². The lowest BCUT2D eigenvalue weighted by atomic mass is 9.94. The topological polar surface area (TPSA) is 99.2 Å². The van der Waals surface area contributed by atoms with Crippen LogP contribution in [0.15, 0.2) is 5.16 Å². The first-order valence-electron chi connectivity index (χ1n) is 13.6. The minimum Gasteiger partial charge on any atom is -0.396 e. The van der Waals surface area contributed by atoms with Gasteiger partial charge in [0.15, 0.2) is 0 Å². The van der Waals surface area contributed by atoms with Crippen molar-refractivity contribution in [1.29, 1.82) is 0 Å². The van der Waals surface area contributed by atoms with Crippen LogP contribution in [0.3, 0.4) is 0 Å². The number of aliphatic hydroxyl groups is 1. The van der Waals surface area contributed by atoms with E-state index in [1.165, 1.54) is 126 Å². The number of thioether (sulfide) groups is 1. The molecular weight excluding hydrogens is 466 g/mol. The number of unbranched alkanes of at least 4 members (excludes halogenated alkanes) is 12. The molecule has 1 rings (SSSR count). The Bertz CT molecular complexity index is 604. The average Bonchev–Trinajstić information content (AvgIpc) is 3.30. The molecule has 1 aromatic heterocycles. The number of hydrazine groups is 1. The summed E-state index contributed by atoms with van der Waals surface area (Å²) in [6.07, 6.45) is 20.9. The number of rotatable bonds is 23. The fraction of sp³-hybridized carbons (Fsp3) is 0.880. The largest absolute Gasteiger partial charge is 0.396 e. The molecule has 0 aliphatic heterocycles. The van der Waals surface area contributed by atoms with E-state index in [0.29, 0.717) is 28.5 Å². The van der Waals surface area contributed by atoms with Gasteiger partial charge in [0.2, 0.25) is 10.3 Å². The molecular formula is C25H49N5O2S2. The monoisotopic (exact) mass is 515 g/mol. The van der Waals surface area contributed by atoms with Crippen molar-refractivity contribution in [2.75, 3.05) is 24.3 Å². The van der Waals surface area contributed by atoms with Gasteiger partial charge in [-0.2, -0.15) is 9.36 Å². The Morgan fingerprint density at radius 2 is 1.47 bits per heavy atom. The van der Waals surface area contributed by atoms with Gasteiger partial charge < -0.3 is 10.4 Å². The molecule has 4 N–H and O–H groups in total. The maximum Gasteiger partial charge on any atom is 0.333 e. The van der Waals surface area contributed by atoms with E-state index < -0.39 is 0 Å². The van der Waals surface area contributed by atoms with Crippen molar-refractivity contribution in [3.8, 4) is 0 Å². The molecule has 0 aliphatic carbocycles. The van der Waals surface area contributed by atoms with E-state index in [0.717, 1.165) is 0 Å². The zero-order valence-corrected chi connectivity index (χ0v) is 23.2. The van der Waals surface area contributed by atoms with E-state index >= 15 is 0 Å². The molecule has 34 heavy (non-hydrogen) atoms. The standard InChI is InChI=1S/C25H49N5O2S2/c1-3-5-7-9-11-12-14-16-18-22(17-15-13-10-8-6-4-2)21-26-23(32)28-29-24-27-25(30-34-24)33-20-19-31/h22,31H,3-21H2,1-2H3,(H2,26,28,32)(H,27,29,30).